The van der Waals surface area contributed by atoms with Gasteiger partial charge in [-0.25, -0.2) is 0 Å². The molecule has 1 amide bonds. The maximum absolute atomic E-state index is 12.2. The Morgan fingerprint density at radius 2 is 1.73 bits per heavy atom. The second kappa shape index (κ2) is 3.48. The first-order chi connectivity index (χ1) is 6.99. The van der Waals surface area contributed by atoms with Crippen LogP contribution in [0.3, 0.4) is 0 Å². The van der Waals surface area contributed by atoms with Gasteiger partial charge >= 0.3 is 0 Å². The van der Waals surface area contributed by atoms with Crippen molar-refractivity contribution in [3.63, 3.8) is 0 Å². The highest BCUT2D eigenvalue weighted by Gasteiger charge is 2.50. The van der Waals surface area contributed by atoms with Gasteiger partial charge in [0.25, 0.3) is 0 Å². The van der Waals surface area contributed by atoms with Gasteiger partial charge in [-0.2, -0.15) is 0 Å². The van der Waals surface area contributed by atoms with Crippen molar-refractivity contribution in [2.45, 2.75) is 39.5 Å². The fourth-order valence-electron chi connectivity index (χ4n) is 2.31. The van der Waals surface area contributed by atoms with Crippen molar-refractivity contribution in [3.05, 3.63) is 0 Å². The third kappa shape index (κ3) is 2.03. The van der Waals surface area contributed by atoms with E-state index in [0.29, 0.717) is 17.9 Å². The summed E-state index contributed by atoms with van der Waals surface area (Å²) in [5.74, 6) is 0.320. The van der Waals surface area contributed by atoms with Crippen LogP contribution in [0.1, 0.15) is 39.5 Å². The first kappa shape index (κ1) is 10.9. The Morgan fingerprint density at radius 3 is 2.13 bits per heavy atom. The molecular formula is C12H22N2O. The van der Waals surface area contributed by atoms with E-state index < -0.39 is 0 Å². The van der Waals surface area contributed by atoms with Crippen LogP contribution in [0, 0.1) is 10.8 Å². The SMILES string of the molecule is CC1(C)CCN(C(=O)C2(CN)CC2)CC1. The number of carbonyl (C=O) groups excluding carboxylic acids is 1. The summed E-state index contributed by atoms with van der Waals surface area (Å²) < 4.78 is 0. The van der Waals surface area contributed by atoms with E-state index in [-0.39, 0.29) is 5.41 Å². The number of hydrogen-bond donors (Lipinski definition) is 1. The predicted octanol–water partition coefficient (Wildman–Crippen LogP) is 1.37. The summed E-state index contributed by atoms with van der Waals surface area (Å²) in [6.07, 6.45) is 4.25. The Kier molecular flexibility index (Phi) is 2.53. The van der Waals surface area contributed by atoms with Crippen LogP contribution in [-0.2, 0) is 4.79 Å². The van der Waals surface area contributed by atoms with Crippen LogP contribution >= 0.6 is 0 Å². The summed E-state index contributed by atoms with van der Waals surface area (Å²) in [6, 6.07) is 0. The normalized spacial score (nSPS) is 27.5. The van der Waals surface area contributed by atoms with Gasteiger partial charge in [0.05, 0.1) is 5.41 Å². The largest absolute Gasteiger partial charge is 0.342 e. The van der Waals surface area contributed by atoms with Gasteiger partial charge in [0.2, 0.25) is 5.91 Å². The number of hydrogen-bond acceptors (Lipinski definition) is 2. The lowest BCUT2D eigenvalue weighted by Crippen LogP contribution is -2.46. The molecule has 0 bridgehead atoms. The molecule has 0 radical (unpaired) electrons. The Balaban J connectivity index is 1.94. The number of carbonyl (C=O) groups is 1. The topological polar surface area (TPSA) is 46.3 Å². The third-order valence-electron chi connectivity index (χ3n) is 4.10. The van der Waals surface area contributed by atoms with Gasteiger partial charge in [-0.1, -0.05) is 13.8 Å². The zero-order valence-corrected chi connectivity index (χ0v) is 9.88. The lowest BCUT2D eigenvalue weighted by atomic mass is 9.82. The van der Waals surface area contributed by atoms with E-state index in [4.69, 9.17) is 5.73 Å². The van der Waals surface area contributed by atoms with Gasteiger partial charge in [0.1, 0.15) is 0 Å². The quantitative estimate of drug-likeness (QED) is 0.748. The second-order valence-electron chi connectivity index (χ2n) is 5.94. The van der Waals surface area contributed by atoms with E-state index >= 15 is 0 Å². The molecule has 0 aromatic rings. The molecule has 1 saturated heterocycles. The van der Waals surface area contributed by atoms with Crippen LogP contribution < -0.4 is 5.73 Å². The number of amides is 1. The highest BCUT2D eigenvalue weighted by molar-refractivity contribution is 5.85. The van der Waals surface area contributed by atoms with E-state index in [0.717, 1.165) is 38.8 Å². The summed E-state index contributed by atoms with van der Waals surface area (Å²) in [4.78, 5) is 14.2. The molecule has 2 N–H and O–H groups in total. The zero-order chi connectivity index (χ0) is 11.1. The summed E-state index contributed by atoms with van der Waals surface area (Å²) in [6.45, 7) is 6.95. The molecule has 15 heavy (non-hydrogen) atoms. The molecule has 1 aliphatic heterocycles. The Morgan fingerprint density at radius 1 is 1.20 bits per heavy atom. The average Bonchev–Trinajstić information content (AvgIpc) is 2.97. The van der Waals surface area contributed by atoms with Gasteiger partial charge in [0, 0.05) is 19.6 Å². The van der Waals surface area contributed by atoms with Crippen molar-refractivity contribution in [3.8, 4) is 0 Å². The molecule has 1 heterocycles. The molecule has 2 aliphatic rings. The van der Waals surface area contributed by atoms with E-state index in [1.165, 1.54) is 0 Å². The van der Waals surface area contributed by atoms with Crippen molar-refractivity contribution in [2.75, 3.05) is 19.6 Å². The third-order valence-corrected chi connectivity index (χ3v) is 4.10. The van der Waals surface area contributed by atoms with E-state index in [9.17, 15) is 4.79 Å². The molecule has 3 heteroatoms. The molecule has 0 aromatic carbocycles. The summed E-state index contributed by atoms with van der Waals surface area (Å²) in [5, 5.41) is 0. The van der Waals surface area contributed by atoms with Gasteiger partial charge in [-0.05, 0) is 31.1 Å². The second-order valence-corrected chi connectivity index (χ2v) is 5.94. The van der Waals surface area contributed by atoms with Crippen LogP contribution in [-0.4, -0.2) is 30.4 Å². The van der Waals surface area contributed by atoms with Crippen LogP contribution in [0.4, 0.5) is 0 Å². The number of piperidine rings is 1. The minimum absolute atomic E-state index is 0.151. The molecule has 0 spiro atoms. The predicted molar refractivity (Wildman–Crippen MR) is 60.3 cm³/mol. The maximum Gasteiger partial charge on any atom is 0.230 e. The zero-order valence-electron chi connectivity index (χ0n) is 9.88. The minimum atomic E-state index is -0.151. The van der Waals surface area contributed by atoms with Crippen molar-refractivity contribution in [1.82, 2.24) is 4.90 Å². The van der Waals surface area contributed by atoms with Crippen LogP contribution in [0.25, 0.3) is 0 Å². The fourth-order valence-corrected chi connectivity index (χ4v) is 2.31. The average molecular weight is 210 g/mol. The first-order valence-electron chi connectivity index (χ1n) is 5.99. The first-order valence-corrected chi connectivity index (χ1v) is 5.99. The summed E-state index contributed by atoms with van der Waals surface area (Å²) in [5.41, 5.74) is 5.94. The molecule has 1 aliphatic carbocycles. The van der Waals surface area contributed by atoms with Crippen molar-refractivity contribution < 1.29 is 4.79 Å². The highest BCUT2D eigenvalue weighted by atomic mass is 16.2. The van der Waals surface area contributed by atoms with Gasteiger partial charge < -0.3 is 10.6 Å². The van der Waals surface area contributed by atoms with Crippen LogP contribution in [0.2, 0.25) is 0 Å². The van der Waals surface area contributed by atoms with Crippen LogP contribution in [0.15, 0.2) is 0 Å². The molecule has 0 aromatic heterocycles. The Labute approximate surface area is 92.0 Å². The van der Waals surface area contributed by atoms with Crippen molar-refractivity contribution in [1.29, 1.82) is 0 Å². The standard InChI is InChI=1S/C12H22N2O/c1-11(2)5-7-14(8-6-11)10(15)12(9-13)3-4-12/h3-9,13H2,1-2H3. The summed E-state index contributed by atoms with van der Waals surface area (Å²) in [7, 11) is 0. The molecule has 2 rings (SSSR count). The molecule has 1 saturated carbocycles. The number of likely N-dealkylation sites (tertiary alicyclic amines) is 1. The van der Waals surface area contributed by atoms with Crippen molar-refractivity contribution in [2.24, 2.45) is 16.6 Å². The monoisotopic (exact) mass is 210 g/mol. The molecular weight excluding hydrogens is 188 g/mol. The number of nitrogens with zero attached hydrogens (tertiary/aromatic N) is 1. The van der Waals surface area contributed by atoms with Gasteiger partial charge in [-0.15, -0.1) is 0 Å². The smallest absolute Gasteiger partial charge is 0.230 e. The molecule has 2 fully saturated rings. The number of nitrogens with two attached hydrogens (primary N) is 1. The molecule has 0 unspecified atom stereocenters. The Hall–Kier alpha value is -0.570. The van der Waals surface area contributed by atoms with E-state index in [2.05, 4.69) is 13.8 Å². The van der Waals surface area contributed by atoms with E-state index in [1.54, 1.807) is 0 Å². The van der Waals surface area contributed by atoms with Gasteiger partial charge in [-0.3, -0.25) is 4.79 Å². The highest BCUT2D eigenvalue weighted by Crippen LogP contribution is 2.47. The minimum Gasteiger partial charge on any atom is -0.342 e. The van der Waals surface area contributed by atoms with Crippen LogP contribution in [0.5, 0.6) is 0 Å². The molecule has 0 atom stereocenters. The lowest BCUT2D eigenvalue weighted by Gasteiger charge is -2.38. The van der Waals surface area contributed by atoms with Gasteiger partial charge in [0.15, 0.2) is 0 Å². The van der Waals surface area contributed by atoms with E-state index in [1.807, 2.05) is 4.90 Å². The molecule has 86 valence electrons. The fraction of sp³-hybridized carbons (Fsp3) is 0.917. The number of rotatable bonds is 2. The van der Waals surface area contributed by atoms with Crippen molar-refractivity contribution >= 4 is 5.91 Å². The lowest BCUT2D eigenvalue weighted by molar-refractivity contribution is -0.138. The maximum atomic E-state index is 12.2. The molecule has 3 nitrogen and oxygen atoms in total. The summed E-state index contributed by atoms with van der Waals surface area (Å²) >= 11 is 0. The Bertz CT molecular complexity index is 259.